The predicted octanol–water partition coefficient (Wildman–Crippen LogP) is 4.37. The first-order chi connectivity index (χ1) is 16.3. The van der Waals surface area contributed by atoms with Crippen molar-refractivity contribution in [2.24, 2.45) is 0 Å². The van der Waals surface area contributed by atoms with E-state index < -0.39 is 0 Å². The SMILES string of the molecule is CCN1CCCC1CNc1nc(Nc2cccc3c2OCO3)nc(NC2CCCCCC2)n1. The van der Waals surface area contributed by atoms with Crippen LogP contribution in [-0.4, -0.2) is 58.4 Å². The van der Waals surface area contributed by atoms with Crippen LogP contribution in [0.1, 0.15) is 58.3 Å². The number of nitrogens with one attached hydrogen (secondary N) is 3. The molecule has 3 aliphatic rings. The van der Waals surface area contributed by atoms with Gasteiger partial charge in [-0.15, -0.1) is 0 Å². The second-order valence-electron chi connectivity index (χ2n) is 9.11. The number of ether oxygens (including phenoxy) is 2. The number of hydrogen-bond donors (Lipinski definition) is 3. The normalized spacial score (nSPS) is 21.1. The van der Waals surface area contributed by atoms with Gasteiger partial charge >= 0.3 is 0 Å². The summed E-state index contributed by atoms with van der Waals surface area (Å²) in [6.45, 7) is 5.52. The van der Waals surface area contributed by atoms with E-state index in [0.717, 1.165) is 37.4 Å². The second-order valence-corrected chi connectivity index (χ2v) is 9.11. The van der Waals surface area contributed by atoms with Crippen LogP contribution in [0.2, 0.25) is 0 Å². The Morgan fingerprint density at radius 3 is 2.61 bits per heavy atom. The average Bonchev–Trinajstić information content (AvgIpc) is 3.42. The van der Waals surface area contributed by atoms with Gasteiger partial charge in [0.1, 0.15) is 0 Å². The maximum atomic E-state index is 5.64. The van der Waals surface area contributed by atoms with Crippen molar-refractivity contribution in [1.29, 1.82) is 0 Å². The molecular weight excluding hydrogens is 418 g/mol. The van der Waals surface area contributed by atoms with Crippen molar-refractivity contribution in [3.63, 3.8) is 0 Å². The highest BCUT2D eigenvalue weighted by Crippen LogP contribution is 2.39. The second kappa shape index (κ2) is 10.4. The first-order valence-electron chi connectivity index (χ1n) is 12.4. The third-order valence-electron chi connectivity index (χ3n) is 6.87. The fraction of sp³-hybridized carbons (Fsp3) is 0.625. The molecule has 3 N–H and O–H groups in total. The fourth-order valence-corrected chi connectivity index (χ4v) is 5.08. The largest absolute Gasteiger partial charge is 0.454 e. The number of rotatable bonds is 8. The summed E-state index contributed by atoms with van der Waals surface area (Å²) in [4.78, 5) is 16.6. The monoisotopic (exact) mass is 453 g/mol. The van der Waals surface area contributed by atoms with Crippen LogP contribution in [0.4, 0.5) is 23.5 Å². The number of likely N-dealkylation sites (tertiary alicyclic amines) is 1. The van der Waals surface area contributed by atoms with Crippen LogP contribution < -0.4 is 25.4 Å². The van der Waals surface area contributed by atoms with E-state index in [1.807, 2.05) is 18.2 Å². The van der Waals surface area contributed by atoms with Crippen molar-refractivity contribution in [3.05, 3.63) is 18.2 Å². The molecule has 178 valence electrons. The van der Waals surface area contributed by atoms with Crippen LogP contribution in [0, 0.1) is 0 Å². The number of benzene rings is 1. The molecule has 5 rings (SSSR count). The number of para-hydroxylation sites is 1. The molecule has 0 amide bonds. The van der Waals surface area contributed by atoms with Crippen molar-refractivity contribution < 1.29 is 9.47 Å². The summed E-state index contributed by atoms with van der Waals surface area (Å²) in [6.07, 6.45) is 9.89. The molecular formula is C24H35N7O2. The Hall–Kier alpha value is -2.81. The lowest BCUT2D eigenvalue weighted by Crippen LogP contribution is -2.35. The quantitative estimate of drug-likeness (QED) is 0.503. The molecule has 1 unspecified atom stereocenters. The van der Waals surface area contributed by atoms with Crippen LogP contribution in [0.3, 0.4) is 0 Å². The van der Waals surface area contributed by atoms with E-state index in [4.69, 9.17) is 19.4 Å². The highest BCUT2D eigenvalue weighted by Gasteiger charge is 2.24. The van der Waals surface area contributed by atoms with Crippen molar-refractivity contribution in [3.8, 4) is 11.5 Å². The van der Waals surface area contributed by atoms with Gasteiger partial charge in [0.2, 0.25) is 24.6 Å². The van der Waals surface area contributed by atoms with Gasteiger partial charge in [0, 0.05) is 18.6 Å². The Balaban J connectivity index is 1.35. The molecule has 9 nitrogen and oxygen atoms in total. The van der Waals surface area contributed by atoms with Gasteiger partial charge in [-0.3, -0.25) is 4.90 Å². The molecule has 1 saturated heterocycles. The van der Waals surface area contributed by atoms with Gasteiger partial charge in [-0.1, -0.05) is 38.7 Å². The minimum atomic E-state index is 0.224. The molecule has 33 heavy (non-hydrogen) atoms. The van der Waals surface area contributed by atoms with E-state index in [0.29, 0.717) is 35.7 Å². The number of likely N-dealkylation sites (N-methyl/N-ethyl adjacent to an activating group) is 1. The zero-order valence-corrected chi connectivity index (χ0v) is 19.5. The van der Waals surface area contributed by atoms with Gasteiger partial charge in [-0.25, -0.2) is 0 Å². The van der Waals surface area contributed by atoms with Crippen molar-refractivity contribution in [2.75, 3.05) is 42.4 Å². The van der Waals surface area contributed by atoms with E-state index in [1.165, 1.54) is 45.1 Å². The summed E-state index contributed by atoms with van der Waals surface area (Å²) in [7, 11) is 0. The summed E-state index contributed by atoms with van der Waals surface area (Å²) in [5.74, 6) is 3.12. The van der Waals surface area contributed by atoms with Crippen LogP contribution in [0.15, 0.2) is 18.2 Å². The maximum Gasteiger partial charge on any atom is 0.233 e. The van der Waals surface area contributed by atoms with Crippen LogP contribution in [-0.2, 0) is 0 Å². The Labute approximate surface area is 195 Å². The summed E-state index contributed by atoms with van der Waals surface area (Å²) in [5.41, 5.74) is 0.788. The highest BCUT2D eigenvalue weighted by molar-refractivity contribution is 5.68. The van der Waals surface area contributed by atoms with Gasteiger partial charge in [-0.2, -0.15) is 15.0 Å². The van der Waals surface area contributed by atoms with Crippen LogP contribution in [0.5, 0.6) is 11.5 Å². The van der Waals surface area contributed by atoms with Crippen LogP contribution in [0.25, 0.3) is 0 Å². The molecule has 1 atom stereocenters. The van der Waals surface area contributed by atoms with E-state index >= 15 is 0 Å². The minimum Gasteiger partial charge on any atom is -0.454 e. The van der Waals surface area contributed by atoms with Crippen molar-refractivity contribution >= 4 is 23.5 Å². The molecule has 0 radical (unpaired) electrons. The minimum absolute atomic E-state index is 0.224. The first kappa shape index (κ1) is 22.0. The Kier molecular flexibility index (Phi) is 6.95. The lowest BCUT2D eigenvalue weighted by atomic mass is 10.1. The predicted molar refractivity (Wildman–Crippen MR) is 130 cm³/mol. The molecule has 2 fully saturated rings. The third kappa shape index (κ3) is 5.40. The summed E-state index contributed by atoms with van der Waals surface area (Å²) in [6, 6.07) is 6.69. The first-order valence-corrected chi connectivity index (χ1v) is 12.4. The smallest absolute Gasteiger partial charge is 0.233 e. The topological polar surface area (TPSA) is 96.5 Å². The Bertz CT molecular complexity index is 933. The molecule has 9 heteroatoms. The van der Waals surface area contributed by atoms with Gasteiger partial charge in [-0.05, 0) is 50.9 Å². The van der Waals surface area contributed by atoms with E-state index in [1.54, 1.807) is 0 Å². The maximum absolute atomic E-state index is 5.64. The van der Waals surface area contributed by atoms with Gasteiger partial charge in [0.15, 0.2) is 11.5 Å². The van der Waals surface area contributed by atoms with Gasteiger partial charge < -0.3 is 25.4 Å². The lowest BCUT2D eigenvalue weighted by molar-refractivity contribution is 0.174. The molecule has 0 spiro atoms. The highest BCUT2D eigenvalue weighted by atomic mass is 16.7. The molecule has 1 aliphatic carbocycles. The molecule has 2 aromatic rings. The average molecular weight is 454 g/mol. The van der Waals surface area contributed by atoms with Crippen molar-refractivity contribution in [1.82, 2.24) is 19.9 Å². The number of anilines is 4. The van der Waals surface area contributed by atoms with E-state index in [2.05, 4.69) is 32.8 Å². The lowest BCUT2D eigenvalue weighted by Gasteiger charge is -2.23. The van der Waals surface area contributed by atoms with Crippen molar-refractivity contribution in [2.45, 2.75) is 70.4 Å². The molecule has 3 heterocycles. The zero-order valence-electron chi connectivity index (χ0n) is 19.5. The number of nitrogens with zero attached hydrogens (tertiary/aromatic N) is 4. The Morgan fingerprint density at radius 1 is 0.939 bits per heavy atom. The van der Waals surface area contributed by atoms with Crippen LogP contribution >= 0.6 is 0 Å². The zero-order chi connectivity index (χ0) is 22.5. The summed E-state index contributed by atoms with van der Waals surface area (Å²) < 4.78 is 11.2. The number of hydrogen-bond acceptors (Lipinski definition) is 9. The Morgan fingerprint density at radius 2 is 1.76 bits per heavy atom. The van der Waals surface area contributed by atoms with Gasteiger partial charge in [0.05, 0.1) is 5.69 Å². The number of aromatic nitrogens is 3. The summed E-state index contributed by atoms with van der Waals surface area (Å²) in [5, 5.41) is 10.4. The number of fused-ring (bicyclic) bond motifs is 1. The molecule has 0 bridgehead atoms. The van der Waals surface area contributed by atoms with E-state index in [9.17, 15) is 0 Å². The standard InChI is InChI=1S/C24H35N7O2/c1-2-31-14-8-11-18(31)15-25-22-28-23(26-17-9-5-3-4-6-10-17)30-24(29-22)27-19-12-7-13-20-21(19)33-16-32-20/h7,12-13,17-18H,2-6,8-11,14-16H2,1H3,(H3,25,26,27,28,29,30). The third-order valence-corrected chi connectivity index (χ3v) is 6.87. The fourth-order valence-electron chi connectivity index (χ4n) is 5.08. The molecule has 1 aromatic carbocycles. The summed E-state index contributed by atoms with van der Waals surface area (Å²) >= 11 is 0. The molecule has 1 aromatic heterocycles. The molecule has 2 aliphatic heterocycles. The molecule has 1 saturated carbocycles. The van der Waals surface area contributed by atoms with Gasteiger partial charge in [0.25, 0.3) is 0 Å². The van der Waals surface area contributed by atoms with E-state index in [-0.39, 0.29) is 6.79 Å².